The van der Waals surface area contributed by atoms with Crippen molar-refractivity contribution >= 4 is 5.91 Å². The van der Waals surface area contributed by atoms with Crippen LogP contribution in [-0.4, -0.2) is 19.6 Å². The van der Waals surface area contributed by atoms with E-state index >= 15 is 0 Å². The monoisotopic (exact) mass is 264 g/mol. The summed E-state index contributed by atoms with van der Waals surface area (Å²) in [5, 5.41) is 3.00. The average Bonchev–Trinajstić information content (AvgIpc) is 2.39. The van der Waals surface area contributed by atoms with Crippen molar-refractivity contribution in [3.8, 4) is 5.75 Å². The fourth-order valence-corrected chi connectivity index (χ4v) is 2.01. The van der Waals surface area contributed by atoms with Gasteiger partial charge in [-0.2, -0.15) is 0 Å². The lowest BCUT2D eigenvalue weighted by molar-refractivity contribution is -0.121. The number of hydrogen-bond acceptors (Lipinski definition) is 3. The van der Waals surface area contributed by atoms with Crippen molar-refractivity contribution < 1.29 is 9.53 Å². The molecule has 1 aromatic rings. The Labute approximate surface area is 115 Å². The second kappa shape index (κ2) is 7.79. The summed E-state index contributed by atoms with van der Waals surface area (Å²) in [5.41, 5.74) is 7.58. The highest BCUT2D eigenvalue weighted by Gasteiger charge is 2.13. The normalized spacial score (nSPS) is 12.0. The highest BCUT2D eigenvalue weighted by molar-refractivity contribution is 5.76. The Hall–Kier alpha value is -1.55. The topological polar surface area (TPSA) is 64.3 Å². The number of methoxy groups -OCH3 is 1. The summed E-state index contributed by atoms with van der Waals surface area (Å²) in [7, 11) is 1.64. The number of benzene rings is 1. The van der Waals surface area contributed by atoms with Gasteiger partial charge in [0.2, 0.25) is 5.91 Å². The van der Waals surface area contributed by atoms with E-state index in [0.29, 0.717) is 13.0 Å². The summed E-state index contributed by atoms with van der Waals surface area (Å²) in [6, 6.07) is 5.92. The van der Waals surface area contributed by atoms with Crippen LogP contribution in [0.5, 0.6) is 5.75 Å². The third-order valence-corrected chi connectivity index (χ3v) is 3.09. The van der Waals surface area contributed by atoms with Crippen LogP contribution in [0, 0.1) is 6.92 Å². The lowest BCUT2D eigenvalue weighted by Crippen LogP contribution is -2.26. The van der Waals surface area contributed by atoms with Crippen LogP contribution in [0.3, 0.4) is 0 Å². The van der Waals surface area contributed by atoms with E-state index in [9.17, 15) is 4.79 Å². The second-order valence-corrected chi connectivity index (χ2v) is 4.78. The van der Waals surface area contributed by atoms with Gasteiger partial charge < -0.3 is 15.8 Å². The van der Waals surface area contributed by atoms with Gasteiger partial charge >= 0.3 is 0 Å². The highest BCUT2D eigenvalue weighted by Crippen LogP contribution is 2.26. The third kappa shape index (κ3) is 4.91. The molecule has 19 heavy (non-hydrogen) atoms. The molecule has 1 rings (SSSR count). The van der Waals surface area contributed by atoms with Gasteiger partial charge in [-0.05, 0) is 39.3 Å². The molecule has 1 amide bonds. The van der Waals surface area contributed by atoms with E-state index in [0.717, 1.165) is 29.7 Å². The van der Waals surface area contributed by atoms with Crippen molar-refractivity contribution in [3.05, 3.63) is 29.3 Å². The number of nitrogens with two attached hydrogens (primary N) is 1. The number of carbonyl (C=O) groups excluding carboxylic acids is 1. The fourth-order valence-electron chi connectivity index (χ4n) is 2.01. The number of aryl methyl sites for hydroxylation is 1. The molecule has 1 aromatic carbocycles. The van der Waals surface area contributed by atoms with Crippen molar-refractivity contribution in [1.82, 2.24) is 5.32 Å². The molecule has 0 aromatic heterocycles. The second-order valence-electron chi connectivity index (χ2n) is 4.78. The molecule has 4 heteroatoms. The summed E-state index contributed by atoms with van der Waals surface area (Å²) in [4.78, 5) is 11.8. The molecule has 0 aliphatic carbocycles. The molecule has 0 fully saturated rings. The Morgan fingerprint density at radius 3 is 2.79 bits per heavy atom. The van der Waals surface area contributed by atoms with Gasteiger partial charge in [-0.1, -0.05) is 17.7 Å². The van der Waals surface area contributed by atoms with E-state index in [1.54, 1.807) is 7.11 Å². The zero-order valence-electron chi connectivity index (χ0n) is 12.0. The maximum atomic E-state index is 11.8. The Morgan fingerprint density at radius 1 is 1.42 bits per heavy atom. The number of nitrogens with one attached hydrogen (secondary N) is 1. The SMILES string of the molecule is COc1ccc(C)cc1C(C)NC(=O)CCCCN. The maximum absolute atomic E-state index is 11.8. The molecule has 0 radical (unpaired) electrons. The molecule has 1 unspecified atom stereocenters. The minimum absolute atomic E-state index is 0.0553. The molecule has 0 saturated heterocycles. The molecule has 0 spiro atoms. The van der Waals surface area contributed by atoms with E-state index in [1.165, 1.54) is 0 Å². The molecule has 4 nitrogen and oxygen atoms in total. The largest absolute Gasteiger partial charge is 0.496 e. The molecule has 0 heterocycles. The van der Waals surface area contributed by atoms with E-state index in [4.69, 9.17) is 10.5 Å². The van der Waals surface area contributed by atoms with Crippen molar-refractivity contribution in [2.24, 2.45) is 5.73 Å². The van der Waals surface area contributed by atoms with Crippen LogP contribution in [-0.2, 0) is 4.79 Å². The van der Waals surface area contributed by atoms with Crippen LogP contribution in [0.15, 0.2) is 18.2 Å². The number of amides is 1. The van der Waals surface area contributed by atoms with Crippen molar-refractivity contribution in [2.45, 2.75) is 39.2 Å². The highest BCUT2D eigenvalue weighted by atomic mass is 16.5. The molecular weight excluding hydrogens is 240 g/mol. The summed E-state index contributed by atoms with van der Waals surface area (Å²) >= 11 is 0. The van der Waals surface area contributed by atoms with Crippen molar-refractivity contribution in [2.75, 3.05) is 13.7 Å². The van der Waals surface area contributed by atoms with E-state index in [-0.39, 0.29) is 11.9 Å². The quantitative estimate of drug-likeness (QED) is 0.743. The van der Waals surface area contributed by atoms with Gasteiger partial charge in [0.1, 0.15) is 5.75 Å². The van der Waals surface area contributed by atoms with Gasteiger partial charge in [-0.3, -0.25) is 4.79 Å². The van der Waals surface area contributed by atoms with Gasteiger partial charge in [0.05, 0.1) is 13.2 Å². The molecular formula is C15H24N2O2. The summed E-state index contributed by atoms with van der Waals surface area (Å²) < 4.78 is 5.33. The smallest absolute Gasteiger partial charge is 0.220 e. The molecule has 3 N–H and O–H groups in total. The van der Waals surface area contributed by atoms with E-state index in [1.807, 2.05) is 32.0 Å². The fraction of sp³-hybridized carbons (Fsp3) is 0.533. The first-order valence-corrected chi connectivity index (χ1v) is 6.72. The molecule has 0 bridgehead atoms. The van der Waals surface area contributed by atoms with Gasteiger partial charge in [-0.25, -0.2) is 0 Å². The van der Waals surface area contributed by atoms with Crippen LogP contribution >= 0.6 is 0 Å². The molecule has 1 atom stereocenters. The van der Waals surface area contributed by atoms with Gasteiger partial charge in [0, 0.05) is 12.0 Å². The molecule has 0 saturated carbocycles. The number of ether oxygens (including phenoxy) is 1. The average molecular weight is 264 g/mol. The first kappa shape index (κ1) is 15.5. The number of unbranched alkanes of at least 4 members (excludes halogenated alkanes) is 1. The van der Waals surface area contributed by atoms with Crippen LogP contribution in [0.4, 0.5) is 0 Å². The zero-order chi connectivity index (χ0) is 14.3. The van der Waals surface area contributed by atoms with Crippen molar-refractivity contribution in [3.63, 3.8) is 0 Å². The van der Waals surface area contributed by atoms with E-state index < -0.39 is 0 Å². The first-order chi connectivity index (χ1) is 9.08. The predicted octanol–water partition coefficient (Wildman–Crippen LogP) is 2.31. The standard InChI is InChI=1S/C15H24N2O2/c1-11-7-8-14(19-3)13(10-11)12(2)17-15(18)6-4-5-9-16/h7-8,10,12H,4-6,9,16H2,1-3H3,(H,17,18). The lowest BCUT2D eigenvalue weighted by atomic mass is 10.0. The first-order valence-electron chi connectivity index (χ1n) is 6.72. The predicted molar refractivity (Wildman–Crippen MR) is 77.2 cm³/mol. The van der Waals surface area contributed by atoms with Crippen LogP contribution < -0.4 is 15.8 Å². The maximum Gasteiger partial charge on any atom is 0.220 e. The Bertz CT molecular complexity index is 419. The van der Waals surface area contributed by atoms with Gasteiger partial charge in [0.25, 0.3) is 0 Å². The zero-order valence-corrected chi connectivity index (χ0v) is 12.0. The summed E-state index contributed by atoms with van der Waals surface area (Å²) in [5.74, 6) is 0.866. The van der Waals surface area contributed by atoms with Gasteiger partial charge in [-0.15, -0.1) is 0 Å². The Kier molecular flexibility index (Phi) is 6.36. The Morgan fingerprint density at radius 2 is 2.16 bits per heavy atom. The summed E-state index contributed by atoms with van der Waals surface area (Å²) in [6.07, 6.45) is 2.24. The molecule has 0 aliphatic rings. The summed E-state index contributed by atoms with van der Waals surface area (Å²) in [6.45, 7) is 4.63. The minimum atomic E-state index is -0.0553. The van der Waals surface area contributed by atoms with Crippen LogP contribution in [0.1, 0.15) is 43.4 Å². The number of rotatable bonds is 7. The molecule has 0 aliphatic heterocycles. The Balaban J connectivity index is 2.64. The van der Waals surface area contributed by atoms with E-state index in [2.05, 4.69) is 5.32 Å². The molecule has 106 valence electrons. The van der Waals surface area contributed by atoms with Gasteiger partial charge in [0.15, 0.2) is 0 Å². The number of hydrogen-bond donors (Lipinski definition) is 2. The van der Waals surface area contributed by atoms with Crippen LogP contribution in [0.25, 0.3) is 0 Å². The van der Waals surface area contributed by atoms with Crippen LogP contribution in [0.2, 0.25) is 0 Å². The van der Waals surface area contributed by atoms with Crippen molar-refractivity contribution in [1.29, 1.82) is 0 Å². The third-order valence-electron chi connectivity index (χ3n) is 3.09. The number of carbonyl (C=O) groups is 1. The minimum Gasteiger partial charge on any atom is -0.496 e. The lowest BCUT2D eigenvalue weighted by Gasteiger charge is -2.18.